The van der Waals surface area contributed by atoms with Crippen molar-refractivity contribution in [2.24, 2.45) is 0 Å². The quantitative estimate of drug-likeness (QED) is 0.472. The van der Waals surface area contributed by atoms with Gasteiger partial charge in [-0.2, -0.15) is 0 Å². The summed E-state index contributed by atoms with van der Waals surface area (Å²) in [5.74, 6) is -1.94. The normalized spacial score (nSPS) is 15.6. The summed E-state index contributed by atoms with van der Waals surface area (Å²) < 4.78 is 0. The summed E-state index contributed by atoms with van der Waals surface area (Å²) >= 11 is 0. The van der Waals surface area contributed by atoms with Gasteiger partial charge in [-0.05, 0) is 19.1 Å². The second-order valence-electron chi connectivity index (χ2n) is 5.45. The van der Waals surface area contributed by atoms with Gasteiger partial charge in [0.2, 0.25) is 5.91 Å². The highest BCUT2D eigenvalue weighted by Gasteiger charge is 2.42. The number of carbonyl (C=O) groups excluding carboxylic acids is 3. The van der Waals surface area contributed by atoms with Crippen molar-refractivity contribution in [3.63, 3.8) is 0 Å². The first-order valence-corrected chi connectivity index (χ1v) is 7.02. The number of aliphatic hydroxyl groups is 3. The minimum atomic E-state index is -1.62. The lowest BCUT2D eigenvalue weighted by Gasteiger charge is -2.31. The van der Waals surface area contributed by atoms with Crippen LogP contribution in [0.15, 0.2) is 24.3 Å². The molecule has 2 rings (SSSR count). The molecule has 0 aliphatic carbocycles. The summed E-state index contributed by atoms with van der Waals surface area (Å²) in [4.78, 5) is 37.7. The van der Waals surface area contributed by atoms with Crippen LogP contribution in [0.4, 0.5) is 0 Å². The van der Waals surface area contributed by atoms with Gasteiger partial charge < -0.3 is 20.6 Å². The van der Waals surface area contributed by atoms with E-state index in [2.05, 4.69) is 5.32 Å². The fraction of sp³-hybridized carbons (Fsp3) is 0.400. The maximum atomic E-state index is 12.3. The summed E-state index contributed by atoms with van der Waals surface area (Å²) in [6.45, 7) is -0.727. The van der Waals surface area contributed by atoms with E-state index in [0.717, 1.165) is 4.90 Å². The molecule has 1 atom stereocenters. The summed E-state index contributed by atoms with van der Waals surface area (Å²) in [5, 5.41) is 30.0. The average Bonchev–Trinajstić information content (AvgIpc) is 2.83. The lowest BCUT2D eigenvalue weighted by molar-refractivity contribution is -0.128. The van der Waals surface area contributed by atoms with Crippen LogP contribution in [-0.4, -0.2) is 69.3 Å². The third kappa shape index (κ3) is 2.83. The van der Waals surface area contributed by atoms with Crippen LogP contribution in [0.3, 0.4) is 0 Å². The Bertz CT molecular complexity index is 597. The van der Waals surface area contributed by atoms with E-state index in [9.17, 15) is 29.7 Å². The molecule has 8 nitrogen and oxygen atoms in total. The minimum absolute atomic E-state index is 0.217. The van der Waals surface area contributed by atoms with Crippen LogP contribution < -0.4 is 5.32 Å². The maximum absolute atomic E-state index is 12.3. The van der Waals surface area contributed by atoms with E-state index < -0.39 is 49.1 Å². The number of benzene rings is 1. The van der Waals surface area contributed by atoms with Crippen LogP contribution in [0.1, 0.15) is 27.6 Å². The molecule has 1 aliphatic rings. The van der Waals surface area contributed by atoms with Gasteiger partial charge in [0.15, 0.2) is 0 Å². The van der Waals surface area contributed by atoms with Crippen LogP contribution in [0.5, 0.6) is 0 Å². The third-order valence-electron chi connectivity index (χ3n) is 3.89. The van der Waals surface area contributed by atoms with Crippen molar-refractivity contribution in [1.29, 1.82) is 0 Å². The lowest BCUT2D eigenvalue weighted by Crippen LogP contribution is -2.61. The Morgan fingerprint density at radius 2 is 1.52 bits per heavy atom. The monoisotopic (exact) mass is 322 g/mol. The lowest BCUT2D eigenvalue weighted by atomic mass is 10.0. The van der Waals surface area contributed by atoms with Gasteiger partial charge in [-0.25, -0.2) is 0 Å². The number of amides is 3. The Morgan fingerprint density at radius 3 is 1.91 bits per heavy atom. The number of carbonyl (C=O) groups is 3. The molecule has 124 valence electrons. The smallest absolute Gasteiger partial charge is 0.262 e. The van der Waals surface area contributed by atoms with Crippen LogP contribution in [-0.2, 0) is 4.79 Å². The summed E-state index contributed by atoms with van der Waals surface area (Å²) in [6.07, 6.45) is 0. The van der Waals surface area contributed by atoms with Gasteiger partial charge in [-0.1, -0.05) is 12.1 Å². The summed E-state index contributed by atoms with van der Waals surface area (Å²) in [6, 6.07) is 5.07. The molecule has 1 aromatic carbocycles. The Hall–Kier alpha value is -2.29. The third-order valence-corrected chi connectivity index (χ3v) is 3.89. The van der Waals surface area contributed by atoms with E-state index in [1.807, 2.05) is 0 Å². The van der Waals surface area contributed by atoms with E-state index in [4.69, 9.17) is 0 Å². The molecule has 23 heavy (non-hydrogen) atoms. The zero-order chi connectivity index (χ0) is 17.2. The number of rotatable bonds is 6. The summed E-state index contributed by atoms with van der Waals surface area (Å²) in [7, 11) is 0. The highest BCUT2D eigenvalue weighted by Crippen LogP contribution is 2.24. The largest absolute Gasteiger partial charge is 0.394 e. The molecule has 1 unspecified atom stereocenters. The van der Waals surface area contributed by atoms with E-state index in [1.165, 1.54) is 19.1 Å². The van der Waals surface area contributed by atoms with Crippen molar-refractivity contribution in [1.82, 2.24) is 10.2 Å². The molecular formula is C15H18N2O6. The molecule has 4 N–H and O–H groups in total. The minimum Gasteiger partial charge on any atom is -0.394 e. The Labute approximate surface area is 132 Å². The molecule has 3 amide bonds. The first-order chi connectivity index (χ1) is 10.9. The van der Waals surface area contributed by atoms with Crippen LogP contribution in [0, 0.1) is 0 Å². The van der Waals surface area contributed by atoms with Crippen molar-refractivity contribution >= 4 is 17.7 Å². The fourth-order valence-electron chi connectivity index (χ4n) is 2.31. The standard InChI is InChI=1S/C15H18N2O6/c1-9(12(21)16-15(6-18,7-19)8-20)17-13(22)10-4-2-3-5-11(10)14(17)23/h2-5,9,18-20H,6-8H2,1H3,(H,16,21). The molecule has 1 aliphatic heterocycles. The molecular weight excluding hydrogens is 304 g/mol. The number of hydrogen-bond donors (Lipinski definition) is 4. The average molecular weight is 322 g/mol. The molecule has 0 aromatic heterocycles. The second-order valence-corrected chi connectivity index (χ2v) is 5.45. The van der Waals surface area contributed by atoms with Crippen LogP contribution >= 0.6 is 0 Å². The number of fused-ring (bicyclic) bond motifs is 1. The zero-order valence-electron chi connectivity index (χ0n) is 12.5. The molecule has 0 radical (unpaired) electrons. The molecule has 1 aromatic rings. The van der Waals surface area contributed by atoms with Gasteiger partial charge in [0.25, 0.3) is 11.8 Å². The van der Waals surface area contributed by atoms with E-state index in [-0.39, 0.29) is 11.1 Å². The Morgan fingerprint density at radius 1 is 1.09 bits per heavy atom. The van der Waals surface area contributed by atoms with Crippen molar-refractivity contribution in [3.8, 4) is 0 Å². The number of imide groups is 1. The van der Waals surface area contributed by atoms with Crippen LogP contribution in [0.25, 0.3) is 0 Å². The van der Waals surface area contributed by atoms with Crippen molar-refractivity contribution in [3.05, 3.63) is 35.4 Å². The molecule has 1 heterocycles. The topological polar surface area (TPSA) is 127 Å². The molecule has 0 fully saturated rings. The maximum Gasteiger partial charge on any atom is 0.262 e. The van der Waals surface area contributed by atoms with Gasteiger partial charge in [0, 0.05) is 0 Å². The Kier molecular flexibility index (Phi) is 4.79. The van der Waals surface area contributed by atoms with Crippen molar-refractivity contribution in [2.45, 2.75) is 18.5 Å². The fourth-order valence-corrected chi connectivity index (χ4v) is 2.31. The predicted octanol–water partition coefficient (Wildman–Crippen LogP) is -1.50. The first-order valence-electron chi connectivity index (χ1n) is 7.02. The first kappa shape index (κ1) is 17.1. The molecule has 0 bridgehead atoms. The van der Waals surface area contributed by atoms with Gasteiger partial charge in [0.05, 0.1) is 30.9 Å². The van der Waals surface area contributed by atoms with Gasteiger partial charge >= 0.3 is 0 Å². The number of nitrogens with one attached hydrogen (secondary N) is 1. The molecule has 0 spiro atoms. The highest BCUT2D eigenvalue weighted by atomic mass is 16.3. The number of hydrogen-bond acceptors (Lipinski definition) is 6. The molecule has 8 heteroatoms. The van der Waals surface area contributed by atoms with Crippen molar-refractivity contribution in [2.75, 3.05) is 19.8 Å². The van der Waals surface area contributed by atoms with Gasteiger partial charge in [0.1, 0.15) is 11.6 Å². The van der Waals surface area contributed by atoms with Gasteiger partial charge in [-0.15, -0.1) is 0 Å². The van der Waals surface area contributed by atoms with E-state index in [1.54, 1.807) is 12.1 Å². The SMILES string of the molecule is CC(C(=O)NC(CO)(CO)CO)N1C(=O)c2ccccc2C1=O. The van der Waals surface area contributed by atoms with Gasteiger partial charge in [-0.3, -0.25) is 19.3 Å². The van der Waals surface area contributed by atoms with E-state index >= 15 is 0 Å². The predicted molar refractivity (Wildman–Crippen MR) is 78.5 cm³/mol. The van der Waals surface area contributed by atoms with E-state index in [0.29, 0.717) is 0 Å². The summed E-state index contributed by atoms with van der Waals surface area (Å²) in [5.41, 5.74) is -1.19. The number of aliphatic hydroxyl groups excluding tert-OH is 3. The molecule has 0 saturated heterocycles. The zero-order valence-corrected chi connectivity index (χ0v) is 12.5. The number of nitrogens with zero attached hydrogens (tertiary/aromatic N) is 1. The van der Waals surface area contributed by atoms with Crippen molar-refractivity contribution < 1.29 is 29.7 Å². The van der Waals surface area contributed by atoms with Crippen LogP contribution in [0.2, 0.25) is 0 Å². The Balaban J connectivity index is 2.22. The molecule has 0 saturated carbocycles. The second kappa shape index (κ2) is 6.45. The highest BCUT2D eigenvalue weighted by molar-refractivity contribution is 6.22.